The molecule has 0 heterocycles. The second-order valence-electron chi connectivity index (χ2n) is 12.4. The summed E-state index contributed by atoms with van der Waals surface area (Å²) in [5.74, 6) is 2.50. The first-order valence-electron chi connectivity index (χ1n) is 13.8. The second kappa shape index (κ2) is 9.47. The molecule has 37 heavy (non-hydrogen) atoms. The molecule has 2 aromatic rings. The Labute approximate surface area is 224 Å². The average Bonchev–Trinajstić information content (AvgIpc) is 3.26. The molecule has 0 spiro atoms. The van der Waals surface area contributed by atoms with Gasteiger partial charge in [-0.1, -0.05) is 50.2 Å². The van der Waals surface area contributed by atoms with Crippen LogP contribution in [0.4, 0.5) is 0 Å². The van der Waals surface area contributed by atoms with Gasteiger partial charge >= 0.3 is 5.97 Å². The van der Waals surface area contributed by atoms with Crippen LogP contribution in [0.1, 0.15) is 53.4 Å². The molecule has 2 aromatic carbocycles. The van der Waals surface area contributed by atoms with E-state index >= 15 is 0 Å². The highest BCUT2D eigenvalue weighted by Crippen LogP contribution is 2.63. The number of carbonyl (C=O) groups excluding carboxylic acids is 1. The van der Waals surface area contributed by atoms with Crippen molar-refractivity contribution in [2.24, 2.45) is 29.1 Å². The summed E-state index contributed by atoms with van der Waals surface area (Å²) in [6.45, 7) is 8.77. The maximum Gasteiger partial charge on any atom is 0.332 e. The van der Waals surface area contributed by atoms with Crippen LogP contribution in [0.5, 0.6) is 0 Å². The van der Waals surface area contributed by atoms with Crippen molar-refractivity contribution in [3.8, 4) is 0 Å². The monoisotopic (exact) mass is 515 g/mol. The average molecular weight is 516 g/mol. The second-order valence-corrected chi connectivity index (χ2v) is 14.4. The molecule has 6 atom stereocenters. The normalized spacial score (nSPS) is 33.4. The van der Waals surface area contributed by atoms with Crippen LogP contribution in [0.2, 0.25) is 0 Å². The van der Waals surface area contributed by atoms with Crippen molar-refractivity contribution in [1.82, 2.24) is 0 Å². The van der Waals surface area contributed by atoms with E-state index in [0.717, 1.165) is 17.4 Å². The van der Waals surface area contributed by atoms with Crippen LogP contribution < -0.4 is 0 Å². The van der Waals surface area contributed by atoms with Crippen molar-refractivity contribution in [2.75, 3.05) is 6.61 Å². The van der Waals surface area contributed by atoms with E-state index in [1.807, 2.05) is 0 Å². The zero-order valence-electron chi connectivity index (χ0n) is 22.5. The topological polar surface area (TPSA) is 35.5 Å². The Balaban J connectivity index is 1.18. The maximum absolute atomic E-state index is 13.1. The molecule has 4 bridgehead atoms. The Hall–Kier alpha value is -2.30. The van der Waals surface area contributed by atoms with Crippen LogP contribution in [0.3, 0.4) is 0 Å². The summed E-state index contributed by atoms with van der Waals surface area (Å²) < 4.78 is 12.6. The summed E-state index contributed by atoms with van der Waals surface area (Å²) in [7, 11) is -0.206. The minimum atomic E-state index is -0.294. The number of rotatable bonds is 7. The number of hydrogen-bond donors (Lipinski definition) is 0. The van der Waals surface area contributed by atoms with Gasteiger partial charge in [-0.05, 0) is 99.3 Å². The fourth-order valence-corrected chi connectivity index (χ4v) is 10.4. The lowest BCUT2D eigenvalue weighted by molar-refractivity contribution is -0.178. The van der Waals surface area contributed by atoms with Crippen LogP contribution in [0, 0.1) is 29.1 Å². The molecule has 7 rings (SSSR count). The molecule has 0 aromatic heterocycles. The lowest BCUT2D eigenvalue weighted by Crippen LogP contribution is -2.46. The van der Waals surface area contributed by atoms with Gasteiger partial charge in [0.2, 0.25) is 0 Å². The summed E-state index contributed by atoms with van der Waals surface area (Å²) >= 11 is 0. The first kappa shape index (κ1) is 25.0. The Kier molecular flexibility index (Phi) is 6.40. The van der Waals surface area contributed by atoms with Crippen LogP contribution in [0.15, 0.2) is 93.1 Å². The van der Waals surface area contributed by atoms with Crippen molar-refractivity contribution < 1.29 is 14.3 Å². The standard InChI is InChI=1S/C33H39O3S/c1-22-15-28(37(26-11-7-5-8-12-26)27-13-9-6-10-14-27)20-32(2,3)31(22)35-21-30(34)36-33(4)25-17-23-16-24(19-25)29(33)18-23/h5-15,20,23-25,29,31H,16-19,21H2,1-4H3/q+1. The number of esters is 1. The van der Waals surface area contributed by atoms with Crippen molar-refractivity contribution in [3.63, 3.8) is 0 Å². The first-order valence-corrected chi connectivity index (χ1v) is 15.1. The minimum absolute atomic E-state index is 0.00859. The van der Waals surface area contributed by atoms with E-state index in [1.54, 1.807) is 0 Å². The molecule has 0 aliphatic heterocycles. The maximum atomic E-state index is 13.1. The number of allylic oxidation sites excluding steroid dienone is 1. The van der Waals surface area contributed by atoms with E-state index < -0.39 is 0 Å². The van der Waals surface area contributed by atoms with Gasteiger partial charge in [-0.25, -0.2) is 4.79 Å². The highest BCUT2D eigenvalue weighted by molar-refractivity contribution is 8.00. The predicted molar refractivity (Wildman–Crippen MR) is 149 cm³/mol. The molecular formula is C33H39O3S+. The Bertz CT molecular complexity index is 1170. The van der Waals surface area contributed by atoms with Gasteiger partial charge in [-0.15, -0.1) is 0 Å². The van der Waals surface area contributed by atoms with E-state index in [9.17, 15) is 4.79 Å². The van der Waals surface area contributed by atoms with Crippen molar-refractivity contribution in [2.45, 2.75) is 74.9 Å². The van der Waals surface area contributed by atoms with E-state index in [2.05, 4.69) is 101 Å². The fraction of sp³-hybridized carbons (Fsp3) is 0.485. The molecule has 0 N–H and O–H groups in total. The Morgan fingerprint density at radius 1 is 0.919 bits per heavy atom. The molecule has 5 aliphatic carbocycles. The summed E-state index contributed by atoms with van der Waals surface area (Å²) in [6, 6.07) is 21.5. The van der Waals surface area contributed by atoms with Gasteiger partial charge in [0.15, 0.2) is 14.7 Å². The van der Waals surface area contributed by atoms with Crippen molar-refractivity contribution >= 4 is 16.9 Å². The summed E-state index contributed by atoms with van der Waals surface area (Å²) in [5.41, 5.74) is 0.611. The molecule has 3 nitrogen and oxygen atoms in total. The van der Waals surface area contributed by atoms with Gasteiger partial charge in [0, 0.05) is 11.3 Å². The third-order valence-corrected chi connectivity index (χ3v) is 11.6. The van der Waals surface area contributed by atoms with Gasteiger partial charge in [-0.3, -0.25) is 0 Å². The summed E-state index contributed by atoms with van der Waals surface area (Å²) in [5, 5.41) is 0. The largest absolute Gasteiger partial charge is 0.457 e. The van der Waals surface area contributed by atoms with Crippen LogP contribution in [-0.2, 0) is 25.2 Å². The summed E-state index contributed by atoms with van der Waals surface area (Å²) in [4.78, 5) is 17.0. The first-order chi connectivity index (χ1) is 17.7. The Morgan fingerprint density at radius 3 is 2.16 bits per heavy atom. The molecule has 0 saturated heterocycles. The number of carbonyl (C=O) groups is 1. The van der Waals surface area contributed by atoms with Gasteiger partial charge in [0.05, 0.1) is 17.0 Å². The van der Waals surface area contributed by atoms with Crippen LogP contribution in [-0.4, -0.2) is 24.3 Å². The van der Waals surface area contributed by atoms with E-state index in [4.69, 9.17) is 9.47 Å². The van der Waals surface area contributed by atoms with Crippen molar-refractivity contribution in [1.29, 1.82) is 0 Å². The van der Waals surface area contributed by atoms with Crippen LogP contribution in [0.25, 0.3) is 0 Å². The molecule has 0 amide bonds. The highest BCUT2D eigenvalue weighted by Gasteiger charge is 2.62. The quantitative estimate of drug-likeness (QED) is 0.286. The highest BCUT2D eigenvalue weighted by atomic mass is 32.2. The number of benzene rings is 2. The SMILES string of the molecule is CC1=CC([S+](c2ccccc2)c2ccccc2)=CC(C)(C)C1OCC(=O)OC1(C)C2CC3CC(C2)C1C3. The lowest BCUT2D eigenvalue weighted by atomic mass is 9.73. The molecule has 4 saturated carbocycles. The third-order valence-electron chi connectivity index (χ3n) is 9.41. The van der Waals surface area contributed by atoms with Crippen molar-refractivity contribution in [3.05, 3.63) is 83.3 Å². The van der Waals surface area contributed by atoms with Crippen LogP contribution >= 0.6 is 0 Å². The molecular weight excluding hydrogens is 476 g/mol. The Morgan fingerprint density at radius 2 is 1.57 bits per heavy atom. The smallest absolute Gasteiger partial charge is 0.332 e. The number of ether oxygens (including phenoxy) is 2. The van der Waals surface area contributed by atoms with E-state index in [1.165, 1.54) is 40.4 Å². The van der Waals surface area contributed by atoms with Gasteiger partial charge in [-0.2, -0.15) is 0 Å². The molecule has 6 unspecified atom stereocenters. The molecule has 194 valence electrons. The van der Waals surface area contributed by atoms with Gasteiger partial charge < -0.3 is 9.47 Å². The third kappa shape index (κ3) is 4.51. The molecule has 4 heteroatoms. The zero-order chi connectivity index (χ0) is 25.8. The predicted octanol–water partition coefficient (Wildman–Crippen LogP) is 7.35. The van der Waals surface area contributed by atoms with E-state index in [0.29, 0.717) is 11.8 Å². The van der Waals surface area contributed by atoms with Gasteiger partial charge in [0.1, 0.15) is 12.2 Å². The lowest BCUT2D eigenvalue weighted by Gasteiger charge is -2.41. The molecule has 0 radical (unpaired) electrons. The summed E-state index contributed by atoms with van der Waals surface area (Å²) in [6.07, 6.45) is 9.52. The molecule has 5 aliphatic rings. The fourth-order valence-electron chi connectivity index (χ4n) is 7.97. The van der Waals surface area contributed by atoms with E-state index in [-0.39, 0.29) is 40.6 Å². The minimum Gasteiger partial charge on any atom is -0.457 e. The molecule has 4 fully saturated rings. The van der Waals surface area contributed by atoms with Gasteiger partial charge in [0.25, 0.3) is 0 Å². The number of hydrogen-bond acceptors (Lipinski definition) is 3. The zero-order valence-corrected chi connectivity index (χ0v) is 23.3.